The number of carbonyl (C=O) groups is 1. The van der Waals surface area contributed by atoms with Crippen molar-refractivity contribution in [1.82, 2.24) is 20.1 Å². The Morgan fingerprint density at radius 2 is 1.82 bits per heavy atom. The van der Waals surface area contributed by atoms with Gasteiger partial charge in [-0.15, -0.1) is 18.3 Å². The molecule has 2 amide bonds. The minimum Gasteiger partial charge on any atom is -0.406 e. The zero-order valence-electron chi connectivity index (χ0n) is 24.0. The van der Waals surface area contributed by atoms with Gasteiger partial charge in [-0.25, -0.2) is 14.5 Å². The minimum atomic E-state index is -4.75. The molecule has 1 saturated heterocycles. The number of nitrogens with zero attached hydrogens (tertiary/aromatic N) is 5. The molecule has 1 saturated carbocycles. The van der Waals surface area contributed by atoms with Gasteiger partial charge < -0.3 is 15.0 Å². The number of hydrogen-bond donors (Lipinski definition) is 1. The first-order chi connectivity index (χ1) is 21.2. The van der Waals surface area contributed by atoms with E-state index in [2.05, 4.69) is 55.2 Å². The molecule has 3 aromatic carbocycles. The molecule has 1 N–H and O–H groups in total. The van der Waals surface area contributed by atoms with Crippen molar-refractivity contribution in [3.63, 3.8) is 0 Å². The molecule has 4 aromatic rings. The molecular formula is C32H31F3N6O2S. The SMILES string of the molecule is Cc1cccc(N2CCCSC2=NC(=O)NC2CCCC2c2ccc(-c3ncn(-c4ccc(OC(F)(F)F)cc4)n3)cc2)c1. The largest absolute Gasteiger partial charge is 0.573 e. The fourth-order valence-electron chi connectivity index (χ4n) is 5.70. The Bertz CT molecular complexity index is 1640. The molecule has 1 aromatic heterocycles. The second kappa shape index (κ2) is 12.7. The van der Waals surface area contributed by atoms with Crippen molar-refractivity contribution in [2.24, 2.45) is 4.99 Å². The van der Waals surface area contributed by atoms with Gasteiger partial charge >= 0.3 is 12.4 Å². The number of amides is 2. The average Bonchev–Trinajstić information content (AvgIpc) is 3.68. The third-order valence-electron chi connectivity index (χ3n) is 7.75. The monoisotopic (exact) mass is 620 g/mol. The Hall–Kier alpha value is -4.32. The second-order valence-electron chi connectivity index (χ2n) is 10.9. The van der Waals surface area contributed by atoms with Gasteiger partial charge in [0.1, 0.15) is 12.1 Å². The quantitative estimate of drug-likeness (QED) is 0.241. The fourth-order valence-corrected chi connectivity index (χ4v) is 6.65. The van der Waals surface area contributed by atoms with E-state index in [1.54, 1.807) is 11.8 Å². The zero-order valence-corrected chi connectivity index (χ0v) is 24.8. The Kier molecular flexibility index (Phi) is 8.60. The molecule has 1 aliphatic carbocycles. The number of alkyl halides is 3. The average molecular weight is 621 g/mol. The number of thioether (sulfide) groups is 1. The van der Waals surface area contributed by atoms with Crippen molar-refractivity contribution in [3.8, 4) is 22.8 Å². The lowest BCUT2D eigenvalue weighted by atomic mass is 9.93. The summed E-state index contributed by atoms with van der Waals surface area (Å²) < 4.78 is 42.8. The molecule has 8 nitrogen and oxygen atoms in total. The summed E-state index contributed by atoms with van der Waals surface area (Å²) in [6.45, 7) is 2.89. The molecule has 44 heavy (non-hydrogen) atoms. The number of amidine groups is 1. The number of hydrogen-bond acceptors (Lipinski definition) is 5. The molecule has 6 rings (SSSR count). The van der Waals surface area contributed by atoms with Crippen molar-refractivity contribution < 1.29 is 22.7 Å². The van der Waals surface area contributed by atoms with Crippen LogP contribution in [-0.2, 0) is 0 Å². The lowest BCUT2D eigenvalue weighted by Gasteiger charge is -2.30. The highest BCUT2D eigenvalue weighted by atomic mass is 32.2. The maximum Gasteiger partial charge on any atom is 0.573 e. The normalized spacial score (nSPS) is 19.7. The Labute approximate surface area is 257 Å². The van der Waals surface area contributed by atoms with Crippen LogP contribution in [0.15, 0.2) is 84.1 Å². The van der Waals surface area contributed by atoms with Crippen LogP contribution in [0, 0.1) is 6.92 Å². The van der Waals surface area contributed by atoms with Crippen molar-refractivity contribution >= 4 is 28.6 Å². The van der Waals surface area contributed by atoms with E-state index in [-0.39, 0.29) is 23.7 Å². The molecule has 228 valence electrons. The summed E-state index contributed by atoms with van der Waals surface area (Å²) in [5, 5.41) is 8.40. The summed E-state index contributed by atoms with van der Waals surface area (Å²) >= 11 is 1.61. The topological polar surface area (TPSA) is 84.6 Å². The first kappa shape index (κ1) is 29.7. The van der Waals surface area contributed by atoms with E-state index in [0.717, 1.165) is 60.0 Å². The molecular weight excluding hydrogens is 589 g/mol. The fraction of sp³-hybridized carbons (Fsp3) is 0.312. The highest BCUT2D eigenvalue weighted by Gasteiger charge is 2.32. The van der Waals surface area contributed by atoms with E-state index in [9.17, 15) is 18.0 Å². The molecule has 1 aliphatic heterocycles. The van der Waals surface area contributed by atoms with Crippen LogP contribution in [0.1, 0.15) is 42.7 Å². The van der Waals surface area contributed by atoms with Gasteiger partial charge in [-0.2, -0.15) is 4.99 Å². The lowest BCUT2D eigenvalue weighted by molar-refractivity contribution is -0.274. The van der Waals surface area contributed by atoms with Crippen LogP contribution >= 0.6 is 11.8 Å². The Morgan fingerprint density at radius 3 is 2.57 bits per heavy atom. The van der Waals surface area contributed by atoms with Gasteiger partial charge in [0.2, 0.25) is 0 Å². The van der Waals surface area contributed by atoms with E-state index in [1.165, 1.54) is 40.8 Å². The van der Waals surface area contributed by atoms with E-state index < -0.39 is 6.36 Å². The number of benzene rings is 3. The number of halogens is 3. The number of ether oxygens (including phenoxy) is 1. The van der Waals surface area contributed by atoms with Gasteiger partial charge in [0, 0.05) is 35.5 Å². The van der Waals surface area contributed by atoms with E-state index in [4.69, 9.17) is 0 Å². The molecule has 0 bridgehead atoms. The molecule has 2 fully saturated rings. The number of carbonyl (C=O) groups excluding carboxylic acids is 1. The smallest absolute Gasteiger partial charge is 0.406 e. The van der Waals surface area contributed by atoms with E-state index >= 15 is 0 Å². The van der Waals surface area contributed by atoms with E-state index in [1.807, 2.05) is 30.3 Å². The van der Waals surface area contributed by atoms with Gasteiger partial charge in [0.05, 0.1) is 5.69 Å². The van der Waals surface area contributed by atoms with Crippen molar-refractivity contribution in [1.29, 1.82) is 0 Å². The van der Waals surface area contributed by atoms with Crippen molar-refractivity contribution in [2.75, 3.05) is 17.2 Å². The van der Waals surface area contributed by atoms with Crippen LogP contribution in [0.25, 0.3) is 17.1 Å². The summed E-state index contributed by atoms with van der Waals surface area (Å²) in [7, 11) is 0. The van der Waals surface area contributed by atoms with Gasteiger partial charge in [-0.05, 0) is 73.7 Å². The summed E-state index contributed by atoms with van der Waals surface area (Å²) in [4.78, 5) is 24.1. The summed E-state index contributed by atoms with van der Waals surface area (Å²) in [5.74, 6) is 1.29. The standard InChI is InChI=1S/C32H31F3N6O2S/c1-21-5-2-6-25(19-21)40-17-4-18-44-31(40)38-30(42)37-28-8-3-7-27(28)22-9-11-23(12-10-22)29-36-20-41(39-29)24-13-15-26(16-14-24)43-32(33,34)35/h2,5-6,9-16,19-20,27-28H,3-4,7-8,17-18H2,1H3,(H,37,42). The van der Waals surface area contributed by atoms with Crippen molar-refractivity contribution in [2.45, 2.75) is 50.9 Å². The number of urea groups is 1. The van der Waals surface area contributed by atoms with Crippen molar-refractivity contribution in [3.05, 3.63) is 90.3 Å². The number of rotatable bonds is 6. The maximum absolute atomic E-state index is 13.1. The first-order valence-corrected chi connectivity index (χ1v) is 15.4. The van der Waals surface area contributed by atoms with Crippen LogP contribution in [0.5, 0.6) is 5.75 Å². The van der Waals surface area contributed by atoms with Crippen LogP contribution in [0.2, 0.25) is 0 Å². The third kappa shape index (κ3) is 7.07. The molecule has 2 atom stereocenters. The van der Waals surface area contributed by atoms with Gasteiger partial charge in [0.15, 0.2) is 11.0 Å². The Morgan fingerprint density at radius 1 is 1.02 bits per heavy atom. The Balaban J connectivity index is 1.11. The van der Waals surface area contributed by atoms with E-state index in [0.29, 0.717) is 11.5 Å². The first-order valence-electron chi connectivity index (χ1n) is 14.5. The lowest BCUT2D eigenvalue weighted by Crippen LogP contribution is -2.38. The molecule has 2 aliphatic rings. The van der Waals surface area contributed by atoms with Crippen LogP contribution < -0.4 is 15.0 Å². The predicted octanol–water partition coefficient (Wildman–Crippen LogP) is 7.49. The minimum absolute atomic E-state index is 0.0136. The molecule has 0 radical (unpaired) electrons. The number of aromatic nitrogens is 3. The summed E-state index contributed by atoms with van der Waals surface area (Å²) in [5.41, 5.74) is 4.70. The summed E-state index contributed by atoms with van der Waals surface area (Å²) in [6.07, 6.45) is 0.658. The van der Waals surface area contributed by atoms with Gasteiger partial charge in [0.25, 0.3) is 0 Å². The second-order valence-corrected chi connectivity index (χ2v) is 11.9. The zero-order chi connectivity index (χ0) is 30.7. The van der Waals surface area contributed by atoms with Gasteiger partial charge in [-0.3, -0.25) is 0 Å². The highest BCUT2D eigenvalue weighted by Crippen LogP contribution is 2.36. The summed E-state index contributed by atoms with van der Waals surface area (Å²) in [6, 6.07) is 21.3. The highest BCUT2D eigenvalue weighted by molar-refractivity contribution is 8.14. The predicted molar refractivity (Wildman–Crippen MR) is 165 cm³/mol. The maximum atomic E-state index is 13.1. The van der Waals surface area contributed by atoms with Crippen LogP contribution in [-0.4, -0.2) is 50.7 Å². The third-order valence-corrected chi connectivity index (χ3v) is 8.81. The van der Waals surface area contributed by atoms with Crippen LogP contribution in [0.4, 0.5) is 23.7 Å². The number of aliphatic imine (C=N–C) groups is 1. The number of anilines is 1. The number of nitrogens with one attached hydrogen (secondary N) is 1. The molecule has 2 unspecified atom stereocenters. The molecule has 2 heterocycles. The molecule has 0 spiro atoms. The number of aryl methyl sites for hydroxylation is 1. The van der Waals surface area contributed by atoms with Gasteiger partial charge in [-0.1, -0.05) is 54.6 Å². The van der Waals surface area contributed by atoms with Crippen LogP contribution in [0.3, 0.4) is 0 Å². The molecule has 12 heteroatoms.